The maximum absolute atomic E-state index is 12.9. The monoisotopic (exact) mass is 339 g/mol. The highest BCUT2D eigenvalue weighted by Gasteiger charge is 2.60. The molecule has 1 aliphatic carbocycles. The van der Waals surface area contributed by atoms with Crippen LogP contribution in [-0.4, -0.2) is 41.2 Å². The van der Waals surface area contributed by atoms with Crippen molar-refractivity contribution in [3.05, 3.63) is 35.9 Å². The van der Waals surface area contributed by atoms with Crippen LogP contribution >= 0.6 is 0 Å². The van der Waals surface area contributed by atoms with Gasteiger partial charge in [0.1, 0.15) is 11.4 Å². The van der Waals surface area contributed by atoms with E-state index < -0.39 is 5.54 Å². The first kappa shape index (κ1) is 16.3. The van der Waals surface area contributed by atoms with Crippen LogP contribution in [-0.2, 0) is 9.59 Å². The molecule has 25 heavy (non-hydrogen) atoms. The number of rotatable bonds is 1. The van der Waals surface area contributed by atoms with Gasteiger partial charge in [0, 0.05) is 30.0 Å². The average molecular weight is 339 g/mol. The van der Waals surface area contributed by atoms with Gasteiger partial charge < -0.3 is 10.2 Å². The third kappa shape index (κ3) is 2.48. The highest BCUT2D eigenvalue weighted by molar-refractivity contribution is 6.15. The second-order valence-corrected chi connectivity index (χ2v) is 8.57. The summed E-state index contributed by atoms with van der Waals surface area (Å²) in [4.78, 5) is 32.4. The van der Waals surface area contributed by atoms with Crippen LogP contribution in [0.2, 0.25) is 0 Å². The molecule has 1 N–H and O–H groups in total. The van der Waals surface area contributed by atoms with Gasteiger partial charge in [-0.05, 0) is 18.8 Å². The van der Waals surface area contributed by atoms with E-state index in [9.17, 15) is 9.59 Å². The maximum Gasteiger partial charge on any atom is 0.253 e. The molecule has 3 aliphatic rings. The Bertz CT molecular complexity index is 750. The van der Waals surface area contributed by atoms with Crippen LogP contribution < -0.4 is 5.32 Å². The quantitative estimate of drug-likeness (QED) is 0.853. The zero-order chi connectivity index (χ0) is 17.8. The Kier molecular flexibility index (Phi) is 3.53. The zero-order valence-corrected chi connectivity index (χ0v) is 15.1. The third-order valence-corrected chi connectivity index (χ3v) is 5.86. The van der Waals surface area contributed by atoms with Gasteiger partial charge in [0.25, 0.3) is 5.91 Å². The maximum atomic E-state index is 12.9. The van der Waals surface area contributed by atoms with E-state index in [0.29, 0.717) is 18.3 Å². The number of fused-ring (bicyclic) bond motifs is 2. The van der Waals surface area contributed by atoms with Crippen LogP contribution in [0.5, 0.6) is 0 Å². The molecule has 1 saturated carbocycles. The average Bonchev–Trinajstić information content (AvgIpc) is 3.23. The van der Waals surface area contributed by atoms with Gasteiger partial charge >= 0.3 is 0 Å². The number of hydrogen-bond acceptors (Lipinski definition) is 3. The normalized spacial score (nSPS) is 31.2. The number of amidine groups is 1. The lowest BCUT2D eigenvalue weighted by Gasteiger charge is -2.29. The first-order valence-electron chi connectivity index (χ1n) is 9.07. The minimum Gasteiger partial charge on any atom is -0.342 e. The van der Waals surface area contributed by atoms with E-state index in [0.717, 1.165) is 24.9 Å². The van der Waals surface area contributed by atoms with Crippen LogP contribution in [0, 0.1) is 17.3 Å². The second kappa shape index (κ2) is 5.41. The summed E-state index contributed by atoms with van der Waals surface area (Å²) in [5.74, 6) is 1.34. The molecule has 2 aliphatic heterocycles. The Morgan fingerprint density at radius 2 is 1.96 bits per heavy atom. The number of carbonyl (C=O) groups excluding carboxylic acids is 2. The molecule has 0 unspecified atom stereocenters. The summed E-state index contributed by atoms with van der Waals surface area (Å²) < 4.78 is 0. The lowest BCUT2D eigenvalue weighted by molar-refractivity contribution is -0.139. The minimum atomic E-state index is -0.692. The summed E-state index contributed by atoms with van der Waals surface area (Å²) in [6.07, 6.45) is 1.74. The number of aliphatic imine (C=N–C) groups is 1. The number of benzene rings is 1. The molecule has 1 saturated heterocycles. The van der Waals surface area contributed by atoms with E-state index in [1.54, 1.807) is 0 Å². The van der Waals surface area contributed by atoms with E-state index in [1.807, 2.05) is 56.0 Å². The molecule has 3 atom stereocenters. The molecule has 2 fully saturated rings. The van der Waals surface area contributed by atoms with Gasteiger partial charge in [-0.25, -0.2) is 0 Å². The highest BCUT2D eigenvalue weighted by Crippen LogP contribution is 2.49. The van der Waals surface area contributed by atoms with E-state index in [-0.39, 0.29) is 23.1 Å². The largest absolute Gasteiger partial charge is 0.342 e. The molecule has 1 spiro atoms. The van der Waals surface area contributed by atoms with Gasteiger partial charge in [-0.3, -0.25) is 14.6 Å². The van der Waals surface area contributed by atoms with Crippen molar-refractivity contribution in [2.24, 2.45) is 22.2 Å². The van der Waals surface area contributed by atoms with Gasteiger partial charge in [0.15, 0.2) is 0 Å². The molecule has 0 radical (unpaired) electrons. The fourth-order valence-corrected chi connectivity index (χ4v) is 4.58. The smallest absolute Gasteiger partial charge is 0.253 e. The van der Waals surface area contributed by atoms with Crippen molar-refractivity contribution in [1.29, 1.82) is 0 Å². The topological polar surface area (TPSA) is 61.8 Å². The van der Waals surface area contributed by atoms with Crippen molar-refractivity contribution in [3.63, 3.8) is 0 Å². The summed E-state index contributed by atoms with van der Waals surface area (Å²) in [7, 11) is 0. The van der Waals surface area contributed by atoms with Crippen molar-refractivity contribution in [3.8, 4) is 0 Å². The Morgan fingerprint density at radius 3 is 2.64 bits per heavy atom. The van der Waals surface area contributed by atoms with Crippen molar-refractivity contribution >= 4 is 17.6 Å². The van der Waals surface area contributed by atoms with E-state index in [2.05, 4.69) is 5.32 Å². The van der Waals surface area contributed by atoms with E-state index >= 15 is 0 Å². The molecule has 0 bridgehead atoms. The first-order valence-corrected chi connectivity index (χ1v) is 9.07. The number of carbonyl (C=O) groups is 2. The molecular weight excluding hydrogens is 314 g/mol. The van der Waals surface area contributed by atoms with Gasteiger partial charge in [-0.1, -0.05) is 51.1 Å². The summed E-state index contributed by atoms with van der Waals surface area (Å²) in [6, 6.07) is 9.79. The van der Waals surface area contributed by atoms with Crippen LogP contribution in [0.4, 0.5) is 0 Å². The van der Waals surface area contributed by atoms with Crippen LogP contribution in [0.3, 0.4) is 0 Å². The van der Waals surface area contributed by atoms with Gasteiger partial charge in [-0.2, -0.15) is 0 Å². The predicted octanol–water partition coefficient (Wildman–Crippen LogP) is 2.22. The summed E-state index contributed by atoms with van der Waals surface area (Å²) in [5.41, 5.74) is -0.137. The lowest BCUT2D eigenvalue weighted by atomic mass is 9.85. The molecular formula is C20H25N3O2. The van der Waals surface area contributed by atoms with E-state index in [1.165, 1.54) is 0 Å². The lowest BCUT2D eigenvalue weighted by Crippen LogP contribution is -2.46. The summed E-state index contributed by atoms with van der Waals surface area (Å²) >= 11 is 0. The van der Waals surface area contributed by atoms with Crippen LogP contribution in [0.15, 0.2) is 35.3 Å². The standard InChI is InChI=1S/C20H25N3O2/c1-19(2,3)18(25)23-11-14-9-10-20(15(14)12-23)17(24)21-16(22-20)13-7-5-4-6-8-13/h4-8,14-15H,9-12H2,1-3H3,(H,21,22,24)/t14-,15+,20-/m1/s1. The van der Waals surface area contributed by atoms with Crippen molar-refractivity contribution in [2.75, 3.05) is 13.1 Å². The number of likely N-dealkylation sites (tertiary alicyclic amines) is 1. The molecule has 2 amide bonds. The van der Waals surface area contributed by atoms with Crippen LogP contribution in [0.1, 0.15) is 39.2 Å². The van der Waals surface area contributed by atoms with E-state index in [4.69, 9.17) is 4.99 Å². The Hall–Kier alpha value is -2.17. The Labute approximate surface area is 148 Å². The molecule has 4 rings (SSSR count). The van der Waals surface area contributed by atoms with Crippen LogP contribution in [0.25, 0.3) is 0 Å². The van der Waals surface area contributed by atoms with Gasteiger partial charge in [-0.15, -0.1) is 0 Å². The molecule has 0 aromatic heterocycles. The van der Waals surface area contributed by atoms with Gasteiger partial charge in [0.2, 0.25) is 5.91 Å². The highest BCUT2D eigenvalue weighted by atomic mass is 16.2. The molecule has 1 aromatic rings. The first-order chi connectivity index (χ1) is 11.8. The predicted molar refractivity (Wildman–Crippen MR) is 96.1 cm³/mol. The molecule has 2 heterocycles. The Morgan fingerprint density at radius 1 is 1.24 bits per heavy atom. The SMILES string of the molecule is CC(C)(C)C(=O)N1C[C@H]2CC[C@@]3(N=C(c4ccccc4)NC3=O)[C@H]2C1. The molecule has 5 heteroatoms. The summed E-state index contributed by atoms with van der Waals surface area (Å²) in [6.45, 7) is 7.25. The molecule has 1 aromatic carbocycles. The number of nitrogens with one attached hydrogen (secondary N) is 1. The number of hydrogen-bond donors (Lipinski definition) is 1. The minimum absolute atomic E-state index is 0.00362. The van der Waals surface area contributed by atoms with Gasteiger partial charge in [0.05, 0.1) is 0 Å². The fraction of sp³-hybridized carbons (Fsp3) is 0.550. The number of nitrogens with zero attached hydrogens (tertiary/aromatic N) is 2. The zero-order valence-electron chi connectivity index (χ0n) is 15.1. The Balaban J connectivity index is 1.62. The second-order valence-electron chi connectivity index (χ2n) is 8.57. The van der Waals surface area contributed by atoms with Crippen molar-refractivity contribution in [1.82, 2.24) is 10.2 Å². The number of amides is 2. The summed E-state index contributed by atoms with van der Waals surface area (Å²) in [5, 5.41) is 3.00. The molecule has 5 nitrogen and oxygen atoms in total. The van der Waals surface area contributed by atoms with Crippen molar-refractivity contribution in [2.45, 2.75) is 39.2 Å². The van der Waals surface area contributed by atoms with Crippen molar-refractivity contribution < 1.29 is 9.59 Å². The fourth-order valence-electron chi connectivity index (χ4n) is 4.58. The molecule has 132 valence electrons. The third-order valence-electron chi connectivity index (χ3n) is 5.86.